The van der Waals surface area contributed by atoms with Gasteiger partial charge in [-0.15, -0.1) is 0 Å². The number of hydrogen-bond acceptors (Lipinski definition) is 12. The maximum absolute atomic E-state index is 12.2. The van der Waals surface area contributed by atoms with E-state index in [0.29, 0.717) is 41.1 Å². The Morgan fingerprint density at radius 3 is 1.57 bits per heavy atom. The quantitative estimate of drug-likeness (QED) is 0.0513. The summed E-state index contributed by atoms with van der Waals surface area (Å²) < 4.78 is 75.3. The van der Waals surface area contributed by atoms with Crippen LogP contribution in [0.1, 0.15) is 175 Å². The first-order valence-corrected chi connectivity index (χ1v) is 39.0. The van der Waals surface area contributed by atoms with Gasteiger partial charge in [0, 0.05) is 12.2 Å². The molecule has 10 atom stereocenters. The standard InChI is InChI=1S/C36H65NO6SSi2.C24H37NO6S.CH4/c1-13-14-15-18-28(42-45(9,10)35(2,3)4)20-21-29-30-22-26-17-16-19-32(41-25-34(38)37-44(8,39)40)31(26)23-27(30)24-33(29)43-46(11,12)36(5,6)7;1-3-4-5-8-18(26)10-11-19-20-12-16-7-6-9-23(21(16)13-17(20)14-22(19)27)31-15-24(28)25-32(2,29)30;/h16-17,19,27-30,33H,13-15,18,20-25H2,1-12H3,(H,37,38);6-7,9,17-20,22,26-27H,3-5,8,10-15H2,1-2H3,(H,25,28);1H4/t27-,28-,29+,30-,33+;17-,18-,19+,20-,22+;/m00./s1. The maximum Gasteiger partial charge on any atom is 0.271 e. The van der Waals surface area contributed by atoms with Crippen LogP contribution < -0.4 is 18.9 Å². The third-order valence-corrected chi connectivity index (χ3v) is 28.7. The van der Waals surface area contributed by atoms with E-state index in [-0.39, 0.29) is 61.1 Å². The smallest absolute Gasteiger partial charge is 0.271 e. The lowest BCUT2D eigenvalue weighted by molar-refractivity contribution is -0.122. The zero-order valence-electron chi connectivity index (χ0n) is 50.2. The molecule has 0 aromatic heterocycles. The third kappa shape index (κ3) is 20.2. The molecule has 18 heteroatoms. The summed E-state index contributed by atoms with van der Waals surface area (Å²) in [5, 5.41) is 21.4. The fourth-order valence-electron chi connectivity index (χ4n) is 12.3. The molecular formula is C61H106N2O12S2Si2. The average Bonchev–Trinajstić information content (AvgIpc) is 3.80. The normalized spacial score (nSPS) is 23.8. The second kappa shape index (κ2) is 29.1. The fraction of sp³-hybridized carbons (Fsp3) is 0.770. The van der Waals surface area contributed by atoms with Gasteiger partial charge in [0.15, 0.2) is 29.8 Å². The molecule has 0 saturated heterocycles. The van der Waals surface area contributed by atoms with Crippen molar-refractivity contribution in [1.29, 1.82) is 0 Å². The van der Waals surface area contributed by atoms with E-state index in [1.807, 2.05) is 33.7 Å². The minimum atomic E-state index is -3.63. The molecule has 6 rings (SSSR count). The summed E-state index contributed by atoms with van der Waals surface area (Å²) in [7, 11) is -11.1. The van der Waals surface area contributed by atoms with E-state index >= 15 is 0 Å². The Labute approximate surface area is 480 Å². The minimum Gasteiger partial charge on any atom is -0.483 e. The van der Waals surface area contributed by atoms with Gasteiger partial charge in [-0.05, 0) is 183 Å². The Balaban J connectivity index is 0.000000357. The molecule has 0 unspecified atom stereocenters. The number of carbonyl (C=O) groups is 2. The van der Waals surface area contributed by atoms with E-state index in [1.54, 1.807) is 0 Å². The Bertz CT molecular complexity index is 2510. The lowest BCUT2D eigenvalue weighted by atomic mass is 9.73. The first-order valence-electron chi connectivity index (χ1n) is 29.4. The second-order valence-electron chi connectivity index (χ2n) is 26.7. The van der Waals surface area contributed by atoms with Gasteiger partial charge in [-0.3, -0.25) is 19.0 Å². The molecule has 2 saturated carbocycles. The number of sulfonamides is 2. The number of hydrogen-bond donors (Lipinski definition) is 4. The molecule has 2 fully saturated rings. The summed E-state index contributed by atoms with van der Waals surface area (Å²) in [5.41, 5.74) is 4.64. The summed E-state index contributed by atoms with van der Waals surface area (Å²) in [5.74, 6) is 2.31. The lowest BCUT2D eigenvalue weighted by Gasteiger charge is -2.42. The minimum absolute atomic E-state index is 0. The number of carbonyl (C=O) groups excluding carboxylic acids is 2. The second-order valence-corrected chi connectivity index (χ2v) is 39.7. The monoisotopic (exact) mass is 1180 g/mol. The zero-order chi connectivity index (χ0) is 58.0. The number of benzene rings is 2. The maximum atomic E-state index is 12.2. The number of unbranched alkanes of at least 4 members (excludes halogenated alkanes) is 4. The van der Waals surface area contributed by atoms with Crippen LogP contribution in [0.3, 0.4) is 0 Å². The number of ether oxygens (including phenoxy) is 2. The van der Waals surface area contributed by atoms with Crippen molar-refractivity contribution in [2.24, 2.45) is 35.5 Å². The van der Waals surface area contributed by atoms with Crippen LogP contribution in [0.2, 0.25) is 36.3 Å². The molecule has 2 aromatic carbocycles. The highest BCUT2D eigenvalue weighted by Crippen LogP contribution is 2.53. The molecule has 2 amide bonds. The Morgan fingerprint density at radius 2 is 1.10 bits per heavy atom. The molecule has 4 aliphatic rings. The van der Waals surface area contributed by atoms with Crippen molar-refractivity contribution in [2.75, 3.05) is 25.7 Å². The van der Waals surface area contributed by atoms with Crippen molar-refractivity contribution in [1.82, 2.24) is 9.44 Å². The van der Waals surface area contributed by atoms with Crippen molar-refractivity contribution < 1.29 is 55.0 Å². The van der Waals surface area contributed by atoms with Gasteiger partial charge in [0.2, 0.25) is 20.0 Å². The zero-order valence-corrected chi connectivity index (χ0v) is 53.8. The highest BCUT2D eigenvalue weighted by molar-refractivity contribution is 7.89. The van der Waals surface area contributed by atoms with Gasteiger partial charge in [0.05, 0.1) is 24.7 Å². The number of aliphatic hydroxyl groups is 2. The Kier molecular flexibility index (Phi) is 25.3. The predicted molar refractivity (Wildman–Crippen MR) is 324 cm³/mol. The van der Waals surface area contributed by atoms with Crippen LogP contribution in [0.15, 0.2) is 36.4 Å². The first kappa shape index (κ1) is 68.7. The Hall–Kier alpha value is -2.85. The number of fused-ring (bicyclic) bond motifs is 4. The summed E-state index contributed by atoms with van der Waals surface area (Å²) in [4.78, 5) is 24.0. The first-order chi connectivity index (χ1) is 36.2. The molecule has 4 N–H and O–H groups in total. The van der Waals surface area contributed by atoms with Crippen molar-refractivity contribution >= 4 is 48.5 Å². The van der Waals surface area contributed by atoms with Crippen LogP contribution in [-0.2, 0) is 64.2 Å². The van der Waals surface area contributed by atoms with Gasteiger partial charge < -0.3 is 28.5 Å². The average molecular weight is 1180 g/mol. The number of rotatable bonds is 26. The van der Waals surface area contributed by atoms with Crippen LogP contribution in [0.4, 0.5) is 0 Å². The largest absolute Gasteiger partial charge is 0.483 e. The van der Waals surface area contributed by atoms with Crippen molar-refractivity contribution in [3.05, 3.63) is 58.7 Å². The van der Waals surface area contributed by atoms with E-state index in [0.717, 1.165) is 126 Å². The molecule has 0 aliphatic heterocycles. The SMILES string of the molecule is C.CCCCC[C@@H](CC[C@@H]1[C@H]2Cc3cccc(OCC(=O)NS(C)(=O)=O)c3C[C@H]2C[C@H]1O[Si](C)(C)C(C)(C)C)O[Si](C)(C)C(C)(C)C.CCCCC[C@H](O)CC[C@@H]1[C@H]2Cc3cccc(OCC(=O)NS(C)(=O)=O)c3C[C@H]2C[C@H]1O. The van der Waals surface area contributed by atoms with Crippen LogP contribution >= 0.6 is 0 Å². The van der Waals surface area contributed by atoms with Gasteiger partial charge in [-0.1, -0.05) is 126 Å². The summed E-state index contributed by atoms with van der Waals surface area (Å²) >= 11 is 0. The van der Waals surface area contributed by atoms with Gasteiger partial charge in [0.25, 0.3) is 11.8 Å². The van der Waals surface area contributed by atoms with Gasteiger partial charge in [-0.2, -0.15) is 0 Å². The number of aliphatic hydroxyl groups excluding tert-OH is 2. The molecule has 0 heterocycles. The van der Waals surface area contributed by atoms with Gasteiger partial charge in [-0.25, -0.2) is 16.8 Å². The van der Waals surface area contributed by atoms with E-state index in [9.17, 15) is 36.6 Å². The molecule has 14 nitrogen and oxygen atoms in total. The topological polar surface area (TPSA) is 204 Å². The van der Waals surface area contributed by atoms with Crippen molar-refractivity contribution in [3.8, 4) is 11.5 Å². The van der Waals surface area contributed by atoms with Crippen molar-refractivity contribution in [2.45, 2.75) is 239 Å². The van der Waals surface area contributed by atoms with Crippen LogP contribution in [0, 0.1) is 35.5 Å². The highest BCUT2D eigenvalue weighted by atomic mass is 32.2. The predicted octanol–water partition coefficient (Wildman–Crippen LogP) is 11.8. The van der Waals surface area contributed by atoms with Crippen LogP contribution in [0.5, 0.6) is 11.5 Å². The summed E-state index contributed by atoms with van der Waals surface area (Å²) in [6, 6.07) is 11.9. The number of nitrogens with one attached hydrogen (secondary N) is 2. The van der Waals surface area contributed by atoms with Crippen LogP contribution in [0.25, 0.3) is 0 Å². The van der Waals surface area contributed by atoms with Crippen molar-refractivity contribution in [3.63, 3.8) is 0 Å². The molecule has 0 spiro atoms. The summed E-state index contributed by atoms with van der Waals surface area (Å²) in [6.45, 7) is 27.2. The van der Waals surface area contributed by atoms with E-state index in [1.165, 1.54) is 24.8 Å². The fourth-order valence-corrected chi connectivity index (χ4v) is 16.1. The Morgan fingerprint density at radius 1 is 0.646 bits per heavy atom. The van der Waals surface area contributed by atoms with E-state index in [4.69, 9.17) is 18.3 Å². The molecule has 452 valence electrons. The van der Waals surface area contributed by atoms with Gasteiger partial charge >= 0.3 is 0 Å². The molecule has 0 radical (unpaired) electrons. The van der Waals surface area contributed by atoms with E-state index < -0.39 is 48.5 Å². The molecule has 0 bridgehead atoms. The molecule has 4 aliphatic carbocycles. The molecular weight excluding hydrogens is 1070 g/mol. The highest BCUT2D eigenvalue weighted by Gasteiger charge is 2.50. The number of amides is 2. The van der Waals surface area contributed by atoms with Gasteiger partial charge in [0.1, 0.15) is 11.5 Å². The lowest BCUT2D eigenvalue weighted by Crippen LogP contribution is -2.46. The third-order valence-electron chi connectivity index (χ3n) is 18.4. The molecule has 2 aromatic rings. The van der Waals surface area contributed by atoms with E-state index in [2.05, 4.69) is 93.7 Å². The molecule has 79 heavy (non-hydrogen) atoms. The summed E-state index contributed by atoms with van der Waals surface area (Å²) in [6.07, 6.45) is 19.8. The van der Waals surface area contributed by atoms with Crippen LogP contribution in [-0.4, -0.2) is 106 Å².